The minimum Gasteiger partial charge on any atom is -0.332 e. The van der Waals surface area contributed by atoms with E-state index in [1.54, 1.807) is 0 Å². The van der Waals surface area contributed by atoms with Gasteiger partial charge in [0.15, 0.2) is 0 Å². The molecule has 1 aromatic carbocycles. The highest BCUT2D eigenvalue weighted by Crippen LogP contribution is 2.25. The van der Waals surface area contributed by atoms with Crippen LogP contribution < -0.4 is 0 Å². The maximum absolute atomic E-state index is 12.8. The van der Waals surface area contributed by atoms with E-state index < -0.39 is 0 Å². The summed E-state index contributed by atoms with van der Waals surface area (Å²) in [5, 5.41) is 7.23. The molecule has 0 bridgehead atoms. The molecule has 2 heterocycles. The number of aromatic nitrogens is 2. The summed E-state index contributed by atoms with van der Waals surface area (Å²) >= 11 is 0. The predicted octanol–water partition coefficient (Wildman–Crippen LogP) is 3.79. The summed E-state index contributed by atoms with van der Waals surface area (Å²) in [4.78, 5) is 14.8. The molecule has 1 amide bonds. The second-order valence-electron chi connectivity index (χ2n) is 6.37. The van der Waals surface area contributed by atoms with Gasteiger partial charge in [-0.15, -0.1) is 0 Å². The van der Waals surface area contributed by atoms with Crippen LogP contribution in [0.25, 0.3) is 11.3 Å². The molecule has 0 aliphatic carbocycles. The van der Waals surface area contributed by atoms with Crippen molar-refractivity contribution in [2.24, 2.45) is 0 Å². The van der Waals surface area contributed by atoms with Crippen LogP contribution in [0.1, 0.15) is 49.2 Å². The van der Waals surface area contributed by atoms with E-state index in [4.69, 9.17) is 0 Å². The van der Waals surface area contributed by atoms with E-state index in [0.29, 0.717) is 17.8 Å². The van der Waals surface area contributed by atoms with Gasteiger partial charge < -0.3 is 4.90 Å². The van der Waals surface area contributed by atoms with Crippen molar-refractivity contribution < 1.29 is 4.79 Å². The molecular formula is C18H23N3O. The molecule has 4 nitrogen and oxygen atoms in total. The van der Waals surface area contributed by atoms with E-state index in [-0.39, 0.29) is 5.91 Å². The Balaban J connectivity index is 1.83. The van der Waals surface area contributed by atoms with Crippen LogP contribution in [0.15, 0.2) is 30.3 Å². The van der Waals surface area contributed by atoms with Crippen LogP contribution in [0.4, 0.5) is 0 Å². The number of carbonyl (C=O) groups excluding carboxylic acids is 1. The van der Waals surface area contributed by atoms with Gasteiger partial charge in [-0.3, -0.25) is 9.89 Å². The second kappa shape index (κ2) is 5.95. The first-order valence-corrected chi connectivity index (χ1v) is 8.01. The van der Waals surface area contributed by atoms with Gasteiger partial charge in [-0.2, -0.15) is 5.10 Å². The molecule has 2 aromatic rings. The summed E-state index contributed by atoms with van der Waals surface area (Å²) in [5.74, 6) is 0.0607. The molecule has 0 spiro atoms. The number of nitrogens with zero attached hydrogens (tertiary/aromatic N) is 2. The number of hydrogen-bond acceptors (Lipinski definition) is 2. The van der Waals surface area contributed by atoms with Crippen molar-refractivity contribution in [2.45, 2.75) is 52.1 Å². The standard InChI is InChI=1S/C18H23N3O/c1-12-7-9-15(10-8-12)16-11-17(20-19-16)18(22)21-13(2)5-4-6-14(21)3/h7-11,13-14H,4-6H2,1-3H3,(H,19,20)/t13-,14-/m1/s1. The number of benzene rings is 1. The first-order valence-electron chi connectivity index (χ1n) is 8.01. The van der Waals surface area contributed by atoms with Gasteiger partial charge in [0.05, 0.1) is 5.69 Å². The van der Waals surface area contributed by atoms with Crippen molar-refractivity contribution in [3.8, 4) is 11.3 Å². The Hall–Kier alpha value is -2.10. The van der Waals surface area contributed by atoms with Crippen LogP contribution in [0.3, 0.4) is 0 Å². The first-order chi connectivity index (χ1) is 10.6. The molecule has 22 heavy (non-hydrogen) atoms. The molecular weight excluding hydrogens is 274 g/mol. The zero-order valence-electron chi connectivity index (χ0n) is 13.5. The number of rotatable bonds is 2. The topological polar surface area (TPSA) is 49.0 Å². The lowest BCUT2D eigenvalue weighted by Gasteiger charge is -2.38. The van der Waals surface area contributed by atoms with Crippen LogP contribution in [0, 0.1) is 6.92 Å². The summed E-state index contributed by atoms with van der Waals surface area (Å²) in [5.41, 5.74) is 3.64. The van der Waals surface area contributed by atoms with Crippen molar-refractivity contribution >= 4 is 5.91 Å². The van der Waals surface area contributed by atoms with Gasteiger partial charge in [0, 0.05) is 17.6 Å². The molecule has 1 N–H and O–H groups in total. The lowest BCUT2D eigenvalue weighted by atomic mass is 9.97. The minimum absolute atomic E-state index is 0.0607. The monoisotopic (exact) mass is 297 g/mol. The van der Waals surface area contributed by atoms with Gasteiger partial charge in [0.25, 0.3) is 5.91 Å². The van der Waals surface area contributed by atoms with E-state index in [2.05, 4.69) is 43.1 Å². The highest BCUT2D eigenvalue weighted by Gasteiger charge is 2.30. The van der Waals surface area contributed by atoms with Crippen LogP contribution >= 0.6 is 0 Å². The maximum atomic E-state index is 12.8. The van der Waals surface area contributed by atoms with Crippen molar-refractivity contribution in [2.75, 3.05) is 0 Å². The number of likely N-dealkylation sites (tertiary alicyclic amines) is 1. The number of amides is 1. The molecule has 2 atom stereocenters. The second-order valence-corrected chi connectivity index (χ2v) is 6.37. The predicted molar refractivity (Wildman–Crippen MR) is 87.7 cm³/mol. The fourth-order valence-electron chi connectivity index (χ4n) is 3.26. The molecule has 1 fully saturated rings. The Morgan fingerprint density at radius 1 is 1.18 bits per heavy atom. The zero-order valence-corrected chi connectivity index (χ0v) is 13.5. The Labute approximate surface area is 131 Å². The molecule has 4 heteroatoms. The number of hydrogen-bond donors (Lipinski definition) is 1. The molecule has 0 radical (unpaired) electrons. The van der Waals surface area contributed by atoms with Gasteiger partial charge in [-0.1, -0.05) is 29.8 Å². The number of piperidine rings is 1. The third-order valence-electron chi connectivity index (χ3n) is 4.58. The number of nitrogens with one attached hydrogen (secondary N) is 1. The van der Waals surface area contributed by atoms with E-state index in [1.807, 2.05) is 23.1 Å². The summed E-state index contributed by atoms with van der Waals surface area (Å²) in [6, 6.07) is 10.6. The van der Waals surface area contributed by atoms with Crippen LogP contribution in [-0.4, -0.2) is 33.1 Å². The average Bonchev–Trinajstić information content (AvgIpc) is 2.97. The number of aromatic amines is 1. The first kappa shape index (κ1) is 14.8. The molecule has 1 aromatic heterocycles. The highest BCUT2D eigenvalue weighted by atomic mass is 16.2. The summed E-state index contributed by atoms with van der Waals surface area (Å²) in [6.07, 6.45) is 3.35. The van der Waals surface area contributed by atoms with E-state index >= 15 is 0 Å². The Morgan fingerprint density at radius 2 is 1.82 bits per heavy atom. The highest BCUT2D eigenvalue weighted by molar-refractivity contribution is 5.93. The summed E-state index contributed by atoms with van der Waals surface area (Å²) in [6.45, 7) is 6.32. The Bertz CT molecular complexity index is 649. The van der Waals surface area contributed by atoms with Crippen molar-refractivity contribution in [1.29, 1.82) is 0 Å². The van der Waals surface area contributed by atoms with E-state index in [1.165, 1.54) is 12.0 Å². The van der Waals surface area contributed by atoms with E-state index in [9.17, 15) is 4.79 Å². The van der Waals surface area contributed by atoms with Crippen molar-refractivity contribution in [3.63, 3.8) is 0 Å². The van der Waals surface area contributed by atoms with Gasteiger partial charge in [0.2, 0.25) is 0 Å². The smallest absolute Gasteiger partial charge is 0.272 e. The molecule has 0 unspecified atom stereocenters. The number of H-pyrrole nitrogens is 1. The fourth-order valence-corrected chi connectivity index (χ4v) is 3.26. The van der Waals surface area contributed by atoms with Gasteiger partial charge in [-0.05, 0) is 46.1 Å². The number of aryl methyl sites for hydroxylation is 1. The minimum atomic E-state index is 0.0607. The molecule has 1 aliphatic rings. The Morgan fingerprint density at radius 3 is 2.45 bits per heavy atom. The largest absolute Gasteiger partial charge is 0.332 e. The summed E-state index contributed by atoms with van der Waals surface area (Å²) < 4.78 is 0. The van der Waals surface area contributed by atoms with Crippen LogP contribution in [0.2, 0.25) is 0 Å². The van der Waals surface area contributed by atoms with Gasteiger partial charge in [-0.25, -0.2) is 0 Å². The molecule has 116 valence electrons. The quantitative estimate of drug-likeness (QED) is 0.917. The lowest BCUT2D eigenvalue weighted by molar-refractivity contribution is 0.0504. The fraction of sp³-hybridized carbons (Fsp3) is 0.444. The van der Waals surface area contributed by atoms with E-state index in [0.717, 1.165) is 24.1 Å². The van der Waals surface area contributed by atoms with Crippen LogP contribution in [-0.2, 0) is 0 Å². The third-order valence-corrected chi connectivity index (χ3v) is 4.58. The van der Waals surface area contributed by atoms with Crippen molar-refractivity contribution in [1.82, 2.24) is 15.1 Å². The van der Waals surface area contributed by atoms with Crippen LogP contribution in [0.5, 0.6) is 0 Å². The maximum Gasteiger partial charge on any atom is 0.272 e. The number of carbonyl (C=O) groups is 1. The van der Waals surface area contributed by atoms with Crippen molar-refractivity contribution in [3.05, 3.63) is 41.6 Å². The molecule has 3 rings (SSSR count). The van der Waals surface area contributed by atoms with Gasteiger partial charge in [0.1, 0.15) is 5.69 Å². The molecule has 1 aliphatic heterocycles. The zero-order chi connectivity index (χ0) is 15.7. The third kappa shape index (κ3) is 2.78. The van der Waals surface area contributed by atoms with Gasteiger partial charge >= 0.3 is 0 Å². The Kier molecular flexibility index (Phi) is 4.01. The summed E-state index contributed by atoms with van der Waals surface area (Å²) in [7, 11) is 0. The normalized spacial score (nSPS) is 21.9. The lowest BCUT2D eigenvalue weighted by Crippen LogP contribution is -2.47. The molecule has 0 saturated carbocycles. The SMILES string of the molecule is Cc1ccc(-c2cc(C(=O)N3[C@H](C)CCC[C@H]3C)[nH]n2)cc1. The average molecular weight is 297 g/mol. The molecule has 1 saturated heterocycles.